The molecule has 1 saturated heterocycles. The number of hydrogen-bond acceptors (Lipinski definition) is 4. The molecule has 1 aromatic heterocycles. The Morgan fingerprint density at radius 3 is 2.62 bits per heavy atom. The zero-order chi connectivity index (χ0) is 15.4. The molecule has 0 saturated carbocycles. The van der Waals surface area contributed by atoms with E-state index in [0.29, 0.717) is 6.54 Å². The number of hydrogen-bond donors (Lipinski definition) is 1. The van der Waals surface area contributed by atoms with Crippen LogP contribution in [0.4, 0.5) is 0 Å². The summed E-state index contributed by atoms with van der Waals surface area (Å²) in [6.07, 6.45) is 3.18. The Morgan fingerprint density at radius 2 is 2.10 bits per heavy atom. The van der Waals surface area contributed by atoms with Crippen LogP contribution in [0, 0.1) is 6.92 Å². The number of carbonyl (C=O) groups is 1. The van der Waals surface area contributed by atoms with Crippen LogP contribution >= 0.6 is 11.3 Å². The Kier molecular flexibility index (Phi) is 5.79. The standard InChI is InChI=1S/C16H27N3OS/c1-4-13(17)16(14-8-7-12(2)21-14)18(3)11-15(20)19-9-5-6-10-19/h7-8,13,16H,4-6,9-11,17H2,1-3H3. The van der Waals surface area contributed by atoms with Crippen molar-refractivity contribution in [3.63, 3.8) is 0 Å². The molecule has 2 rings (SSSR count). The van der Waals surface area contributed by atoms with E-state index in [2.05, 4.69) is 30.9 Å². The van der Waals surface area contributed by atoms with Crippen molar-refractivity contribution in [1.82, 2.24) is 9.80 Å². The summed E-state index contributed by atoms with van der Waals surface area (Å²) in [5.41, 5.74) is 6.33. The van der Waals surface area contributed by atoms with Gasteiger partial charge in [-0.15, -0.1) is 11.3 Å². The highest BCUT2D eigenvalue weighted by Crippen LogP contribution is 2.30. The summed E-state index contributed by atoms with van der Waals surface area (Å²) in [7, 11) is 2.02. The van der Waals surface area contributed by atoms with E-state index in [4.69, 9.17) is 5.73 Å². The molecule has 2 unspecified atom stereocenters. The van der Waals surface area contributed by atoms with Gasteiger partial charge in [-0.3, -0.25) is 9.69 Å². The number of carbonyl (C=O) groups excluding carboxylic acids is 1. The number of rotatable bonds is 6. The predicted molar refractivity (Wildman–Crippen MR) is 88.5 cm³/mol. The van der Waals surface area contributed by atoms with Crippen molar-refractivity contribution in [2.45, 2.75) is 45.2 Å². The Bertz CT molecular complexity index is 468. The summed E-state index contributed by atoms with van der Waals surface area (Å²) in [5, 5.41) is 0. The van der Waals surface area contributed by atoms with Crippen molar-refractivity contribution >= 4 is 17.2 Å². The molecular formula is C16H27N3OS. The van der Waals surface area contributed by atoms with E-state index in [9.17, 15) is 4.79 Å². The van der Waals surface area contributed by atoms with E-state index < -0.39 is 0 Å². The highest BCUT2D eigenvalue weighted by atomic mass is 32.1. The quantitative estimate of drug-likeness (QED) is 0.878. The third-order valence-electron chi connectivity index (χ3n) is 4.25. The van der Waals surface area contributed by atoms with Crippen LogP contribution in [0.15, 0.2) is 12.1 Å². The van der Waals surface area contributed by atoms with Crippen LogP contribution < -0.4 is 5.73 Å². The zero-order valence-electron chi connectivity index (χ0n) is 13.3. The van der Waals surface area contributed by atoms with Gasteiger partial charge in [-0.1, -0.05) is 6.92 Å². The molecule has 2 heterocycles. The third kappa shape index (κ3) is 4.05. The van der Waals surface area contributed by atoms with Crippen LogP contribution in [0.1, 0.15) is 42.0 Å². The Labute approximate surface area is 131 Å². The molecule has 0 aromatic carbocycles. The molecule has 2 atom stereocenters. The average molecular weight is 309 g/mol. The molecule has 1 aromatic rings. The lowest BCUT2D eigenvalue weighted by atomic mass is 10.0. The fourth-order valence-electron chi connectivity index (χ4n) is 2.97. The van der Waals surface area contributed by atoms with Crippen LogP contribution in [0.2, 0.25) is 0 Å². The van der Waals surface area contributed by atoms with Crippen LogP contribution in [0.25, 0.3) is 0 Å². The van der Waals surface area contributed by atoms with E-state index >= 15 is 0 Å². The Hall–Kier alpha value is -0.910. The molecule has 1 fully saturated rings. The van der Waals surface area contributed by atoms with Gasteiger partial charge in [0, 0.05) is 28.9 Å². The predicted octanol–water partition coefficient (Wildman–Crippen LogP) is 2.39. The van der Waals surface area contributed by atoms with Gasteiger partial charge in [-0.05, 0) is 45.4 Å². The fourth-order valence-corrected chi connectivity index (χ4v) is 4.09. The molecule has 1 aliphatic heterocycles. The molecule has 0 spiro atoms. The van der Waals surface area contributed by atoms with Crippen molar-refractivity contribution in [3.8, 4) is 0 Å². The average Bonchev–Trinajstić information content (AvgIpc) is 3.10. The number of nitrogens with zero attached hydrogens (tertiary/aromatic N) is 2. The maximum atomic E-state index is 12.4. The molecule has 1 amide bonds. The van der Waals surface area contributed by atoms with Gasteiger partial charge in [-0.25, -0.2) is 0 Å². The Balaban J connectivity index is 2.07. The van der Waals surface area contributed by atoms with Crippen molar-refractivity contribution in [3.05, 3.63) is 21.9 Å². The first-order valence-corrected chi connectivity index (χ1v) is 8.64. The lowest BCUT2D eigenvalue weighted by Crippen LogP contribution is -2.44. The lowest BCUT2D eigenvalue weighted by Gasteiger charge is -2.32. The first-order chi connectivity index (χ1) is 10.0. The summed E-state index contributed by atoms with van der Waals surface area (Å²) in [6.45, 7) is 6.49. The van der Waals surface area contributed by atoms with Crippen molar-refractivity contribution in [1.29, 1.82) is 0 Å². The molecule has 0 bridgehead atoms. The first kappa shape index (κ1) is 16.5. The molecule has 5 heteroatoms. The fraction of sp³-hybridized carbons (Fsp3) is 0.688. The van der Waals surface area contributed by atoms with Gasteiger partial charge in [-0.2, -0.15) is 0 Å². The van der Waals surface area contributed by atoms with E-state index in [-0.39, 0.29) is 18.0 Å². The van der Waals surface area contributed by atoms with Gasteiger partial charge in [0.15, 0.2) is 0 Å². The molecule has 0 radical (unpaired) electrons. The van der Waals surface area contributed by atoms with Crippen LogP contribution in [0.5, 0.6) is 0 Å². The minimum Gasteiger partial charge on any atom is -0.342 e. The van der Waals surface area contributed by atoms with Crippen LogP contribution in [0.3, 0.4) is 0 Å². The largest absolute Gasteiger partial charge is 0.342 e. The van der Waals surface area contributed by atoms with Crippen molar-refractivity contribution < 1.29 is 4.79 Å². The number of amides is 1. The summed E-state index contributed by atoms with van der Waals surface area (Å²) in [4.78, 5) is 19.0. The van der Waals surface area contributed by atoms with Gasteiger partial charge in [0.25, 0.3) is 0 Å². The van der Waals surface area contributed by atoms with E-state index in [1.165, 1.54) is 9.75 Å². The van der Waals surface area contributed by atoms with Gasteiger partial charge in [0.05, 0.1) is 12.6 Å². The van der Waals surface area contributed by atoms with E-state index in [1.807, 2.05) is 11.9 Å². The highest BCUT2D eigenvalue weighted by molar-refractivity contribution is 7.12. The second-order valence-corrected chi connectivity index (χ2v) is 7.29. The van der Waals surface area contributed by atoms with Gasteiger partial charge in [0.1, 0.15) is 0 Å². The maximum absolute atomic E-state index is 12.4. The number of likely N-dealkylation sites (N-methyl/N-ethyl adjacent to an activating group) is 1. The zero-order valence-corrected chi connectivity index (χ0v) is 14.2. The number of aryl methyl sites for hydroxylation is 1. The maximum Gasteiger partial charge on any atom is 0.236 e. The van der Waals surface area contributed by atoms with Gasteiger partial charge >= 0.3 is 0 Å². The summed E-state index contributed by atoms with van der Waals surface area (Å²) >= 11 is 1.78. The minimum absolute atomic E-state index is 0.0550. The summed E-state index contributed by atoms with van der Waals surface area (Å²) in [6, 6.07) is 4.46. The van der Waals surface area contributed by atoms with Gasteiger partial charge < -0.3 is 10.6 Å². The Morgan fingerprint density at radius 1 is 1.43 bits per heavy atom. The topological polar surface area (TPSA) is 49.6 Å². The van der Waals surface area contributed by atoms with Crippen molar-refractivity contribution in [2.24, 2.45) is 5.73 Å². The molecule has 118 valence electrons. The first-order valence-electron chi connectivity index (χ1n) is 7.83. The summed E-state index contributed by atoms with van der Waals surface area (Å²) < 4.78 is 0. The monoisotopic (exact) mass is 309 g/mol. The van der Waals surface area contributed by atoms with Gasteiger partial charge in [0.2, 0.25) is 5.91 Å². The molecular weight excluding hydrogens is 282 g/mol. The highest BCUT2D eigenvalue weighted by Gasteiger charge is 2.27. The normalized spacial score (nSPS) is 18.2. The second-order valence-electron chi connectivity index (χ2n) is 5.97. The third-order valence-corrected chi connectivity index (χ3v) is 5.32. The second kappa shape index (κ2) is 7.38. The molecule has 0 aliphatic carbocycles. The van der Waals surface area contributed by atoms with E-state index in [1.54, 1.807) is 11.3 Å². The van der Waals surface area contributed by atoms with E-state index in [0.717, 1.165) is 32.4 Å². The number of thiophene rings is 1. The minimum atomic E-state index is 0.0550. The molecule has 21 heavy (non-hydrogen) atoms. The molecule has 1 aliphatic rings. The van der Waals surface area contributed by atoms with Crippen LogP contribution in [-0.4, -0.2) is 48.4 Å². The number of likely N-dealkylation sites (tertiary alicyclic amines) is 1. The van der Waals surface area contributed by atoms with Crippen LogP contribution in [-0.2, 0) is 4.79 Å². The SMILES string of the molecule is CCC(N)C(c1ccc(C)s1)N(C)CC(=O)N1CCCC1. The smallest absolute Gasteiger partial charge is 0.236 e. The summed E-state index contributed by atoms with van der Waals surface area (Å²) in [5.74, 6) is 0.233. The molecule has 2 N–H and O–H groups in total. The number of nitrogens with two attached hydrogens (primary N) is 1. The lowest BCUT2D eigenvalue weighted by molar-refractivity contribution is -0.131. The van der Waals surface area contributed by atoms with Crippen molar-refractivity contribution in [2.75, 3.05) is 26.7 Å². The molecule has 4 nitrogen and oxygen atoms in total.